The Bertz CT molecular complexity index is 488. The Morgan fingerprint density at radius 1 is 1.38 bits per heavy atom. The highest BCUT2D eigenvalue weighted by Crippen LogP contribution is 2.28. The Morgan fingerprint density at radius 3 is 2.62 bits per heavy atom. The summed E-state index contributed by atoms with van der Waals surface area (Å²) in [6.07, 6.45) is -3.72. The number of carbonyl (C=O) groups excluding carboxylic acids is 1. The van der Waals surface area contributed by atoms with E-state index in [4.69, 9.17) is 0 Å². The first-order chi connectivity index (χ1) is 9.83. The molecule has 1 N–H and O–H groups in total. The summed E-state index contributed by atoms with van der Waals surface area (Å²) < 4.78 is 40.1. The molecule has 21 heavy (non-hydrogen) atoms. The van der Waals surface area contributed by atoms with Gasteiger partial charge in [0.15, 0.2) is 0 Å². The fourth-order valence-corrected chi connectivity index (χ4v) is 2.38. The average Bonchev–Trinajstić information content (AvgIpc) is 2.84. The standard InChI is InChI=1S/C14H17F3N2O2/c1-10(20)18-8-11-6-7-19(9-11)12-2-4-13(5-3-12)21-14(15,16)17/h2-5,11H,6-9H2,1H3,(H,18,20)/t11-/m0/s1. The molecule has 0 unspecified atom stereocenters. The van der Waals surface area contributed by atoms with Gasteiger partial charge in [-0.3, -0.25) is 4.79 Å². The summed E-state index contributed by atoms with van der Waals surface area (Å²) in [6, 6.07) is 5.84. The molecule has 4 nitrogen and oxygen atoms in total. The van der Waals surface area contributed by atoms with E-state index in [-0.39, 0.29) is 11.7 Å². The molecule has 1 aliphatic rings. The highest BCUT2D eigenvalue weighted by molar-refractivity contribution is 5.72. The third kappa shape index (κ3) is 4.84. The van der Waals surface area contributed by atoms with Crippen molar-refractivity contribution in [2.24, 2.45) is 5.92 Å². The Morgan fingerprint density at radius 2 is 2.05 bits per heavy atom. The van der Waals surface area contributed by atoms with Crippen LogP contribution in [0.25, 0.3) is 0 Å². The summed E-state index contributed by atoms with van der Waals surface area (Å²) in [5.74, 6) is 0.0855. The fraction of sp³-hybridized carbons (Fsp3) is 0.500. The lowest BCUT2D eigenvalue weighted by atomic mass is 10.1. The van der Waals surface area contributed by atoms with Crippen molar-refractivity contribution in [3.8, 4) is 5.75 Å². The van der Waals surface area contributed by atoms with Crippen molar-refractivity contribution in [2.45, 2.75) is 19.7 Å². The van der Waals surface area contributed by atoms with Crippen LogP contribution in [-0.4, -0.2) is 31.9 Å². The van der Waals surface area contributed by atoms with Gasteiger partial charge in [-0.1, -0.05) is 0 Å². The summed E-state index contributed by atoms with van der Waals surface area (Å²) in [5, 5.41) is 2.78. The highest BCUT2D eigenvalue weighted by Gasteiger charge is 2.31. The molecule has 0 spiro atoms. The van der Waals surface area contributed by atoms with Crippen LogP contribution in [0.5, 0.6) is 5.75 Å². The van der Waals surface area contributed by atoms with Gasteiger partial charge in [-0.15, -0.1) is 13.2 Å². The highest BCUT2D eigenvalue weighted by atomic mass is 19.4. The van der Waals surface area contributed by atoms with Crippen LogP contribution in [0.1, 0.15) is 13.3 Å². The van der Waals surface area contributed by atoms with Crippen LogP contribution in [0.15, 0.2) is 24.3 Å². The Labute approximate surface area is 120 Å². The molecule has 1 saturated heterocycles. The van der Waals surface area contributed by atoms with Crippen LogP contribution in [0, 0.1) is 5.92 Å². The zero-order chi connectivity index (χ0) is 15.5. The fourth-order valence-electron chi connectivity index (χ4n) is 2.38. The van der Waals surface area contributed by atoms with E-state index in [9.17, 15) is 18.0 Å². The molecule has 0 radical (unpaired) electrons. The monoisotopic (exact) mass is 302 g/mol. The first-order valence-corrected chi connectivity index (χ1v) is 6.69. The van der Waals surface area contributed by atoms with Gasteiger partial charge < -0.3 is 15.0 Å². The second-order valence-electron chi connectivity index (χ2n) is 5.08. The van der Waals surface area contributed by atoms with E-state index in [1.165, 1.54) is 19.1 Å². The molecule has 1 atom stereocenters. The van der Waals surface area contributed by atoms with E-state index in [0.717, 1.165) is 25.2 Å². The summed E-state index contributed by atoms with van der Waals surface area (Å²) >= 11 is 0. The molecular formula is C14H17F3N2O2. The third-order valence-corrected chi connectivity index (χ3v) is 3.36. The number of hydrogen-bond donors (Lipinski definition) is 1. The molecule has 1 aliphatic heterocycles. The molecule has 0 aliphatic carbocycles. The summed E-state index contributed by atoms with van der Waals surface area (Å²) in [7, 11) is 0. The lowest BCUT2D eigenvalue weighted by Crippen LogP contribution is -2.29. The normalized spacial score (nSPS) is 18.7. The topological polar surface area (TPSA) is 41.6 Å². The van der Waals surface area contributed by atoms with Crippen molar-refractivity contribution >= 4 is 11.6 Å². The Hall–Kier alpha value is -1.92. The second kappa shape index (κ2) is 6.24. The van der Waals surface area contributed by atoms with Gasteiger partial charge in [0.2, 0.25) is 5.91 Å². The van der Waals surface area contributed by atoms with Gasteiger partial charge in [-0.25, -0.2) is 0 Å². The van der Waals surface area contributed by atoms with Crippen molar-refractivity contribution < 1.29 is 22.7 Å². The van der Waals surface area contributed by atoms with Gasteiger partial charge >= 0.3 is 6.36 Å². The van der Waals surface area contributed by atoms with Gasteiger partial charge in [-0.05, 0) is 36.6 Å². The van der Waals surface area contributed by atoms with Gasteiger partial charge in [0.05, 0.1) is 0 Å². The molecular weight excluding hydrogens is 285 g/mol. The lowest BCUT2D eigenvalue weighted by Gasteiger charge is -2.19. The summed E-state index contributed by atoms with van der Waals surface area (Å²) in [4.78, 5) is 13.0. The minimum Gasteiger partial charge on any atom is -0.406 e. The Kier molecular flexibility index (Phi) is 4.59. The summed E-state index contributed by atoms with van der Waals surface area (Å²) in [5.41, 5.74) is 0.856. The van der Waals surface area contributed by atoms with Crippen LogP contribution < -0.4 is 15.0 Å². The second-order valence-corrected chi connectivity index (χ2v) is 5.08. The van der Waals surface area contributed by atoms with Crippen molar-refractivity contribution in [1.82, 2.24) is 5.32 Å². The number of ether oxygens (including phenoxy) is 1. The molecule has 0 bridgehead atoms. The summed E-state index contributed by atoms with van der Waals surface area (Å²) in [6.45, 7) is 3.71. The third-order valence-electron chi connectivity index (χ3n) is 3.36. The molecule has 7 heteroatoms. The van der Waals surface area contributed by atoms with Gasteiger partial charge in [-0.2, -0.15) is 0 Å². The number of nitrogens with zero attached hydrogens (tertiary/aromatic N) is 1. The van der Waals surface area contributed by atoms with E-state index < -0.39 is 6.36 Å². The van der Waals surface area contributed by atoms with Crippen LogP contribution >= 0.6 is 0 Å². The van der Waals surface area contributed by atoms with E-state index in [1.54, 1.807) is 12.1 Å². The molecule has 1 aromatic rings. The van der Waals surface area contributed by atoms with Crippen LogP contribution in [-0.2, 0) is 4.79 Å². The lowest BCUT2D eigenvalue weighted by molar-refractivity contribution is -0.274. The number of anilines is 1. The minimum atomic E-state index is -4.67. The zero-order valence-corrected chi connectivity index (χ0v) is 11.6. The predicted octanol–water partition coefficient (Wildman–Crippen LogP) is 2.55. The van der Waals surface area contributed by atoms with Crippen molar-refractivity contribution in [1.29, 1.82) is 0 Å². The first kappa shape index (κ1) is 15.5. The minimum absolute atomic E-state index is 0.0536. The molecule has 2 rings (SSSR count). The molecule has 0 aromatic heterocycles. The smallest absolute Gasteiger partial charge is 0.406 e. The van der Waals surface area contributed by atoms with E-state index in [0.29, 0.717) is 12.5 Å². The number of amides is 1. The quantitative estimate of drug-likeness (QED) is 0.929. The van der Waals surface area contributed by atoms with E-state index >= 15 is 0 Å². The maximum Gasteiger partial charge on any atom is 0.573 e. The van der Waals surface area contributed by atoms with Gasteiger partial charge in [0, 0.05) is 32.2 Å². The molecule has 116 valence electrons. The number of alkyl halides is 3. The SMILES string of the molecule is CC(=O)NC[C@@H]1CCN(c2ccc(OC(F)(F)F)cc2)C1. The molecule has 0 saturated carbocycles. The molecule has 1 heterocycles. The van der Waals surface area contributed by atoms with Crippen LogP contribution in [0.2, 0.25) is 0 Å². The van der Waals surface area contributed by atoms with Crippen LogP contribution in [0.4, 0.5) is 18.9 Å². The average molecular weight is 302 g/mol. The number of rotatable bonds is 4. The van der Waals surface area contributed by atoms with Crippen molar-refractivity contribution in [2.75, 3.05) is 24.5 Å². The van der Waals surface area contributed by atoms with Gasteiger partial charge in [0.25, 0.3) is 0 Å². The maximum atomic E-state index is 12.1. The van der Waals surface area contributed by atoms with Crippen molar-refractivity contribution in [3.05, 3.63) is 24.3 Å². The molecule has 1 fully saturated rings. The van der Waals surface area contributed by atoms with E-state index in [2.05, 4.69) is 15.0 Å². The van der Waals surface area contributed by atoms with Crippen LogP contribution in [0.3, 0.4) is 0 Å². The number of nitrogens with one attached hydrogen (secondary N) is 1. The number of hydrogen-bond acceptors (Lipinski definition) is 3. The largest absolute Gasteiger partial charge is 0.573 e. The maximum absolute atomic E-state index is 12.1. The molecule has 1 amide bonds. The molecule has 1 aromatic carbocycles. The number of halogens is 3. The van der Waals surface area contributed by atoms with Gasteiger partial charge in [0.1, 0.15) is 5.75 Å². The number of carbonyl (C=O) groups is 1. The van der Waals surface area contributed by atoms with Crippen molar-refractivity contribution in [3.63, 3.8) is 0 Å². The first-order valence-electron chi connectivity index (χ1n) is 6.69. The Balaban J connectivity index is 1.90. The zero-order valence-electron chi connectivity index (χ0n) is 11.6. The number of benzene rings is 1. The van der Waals surface area contributed by atoms with E-state index in [1.807, 2.05) is 0 Å². The predicted molar refractivity (Wildman–Crippen MR) is 72.1 cm³/mol.